The zero-order valence-corrected chi connectivity index (χ0v) is 21.9. The molecule has 1 saturated carbocycles. The van der Waals surface area contributed by atoms with Gasteiger partial charge in [0.15, 0.2) is 39.2 Å². The summed E-state index contributed by atoms with van der Waals surface area (Å²) in [5.74, 6) is -1.06. The highest BCUT2D eigenvalue weighted by molar-refractivity contribution is 14.1. The van der Waals surface area contributed by atoms with Gasteiger partial charge in [-0.2, -0.15) is 0 Å². The van der Waals surface area contributed by atoms with Gasteiger partial charge in [0.05, 0.1) is 6.33 Å². The number of fused-ring (bicyclic) bond motifs is 1. The third-order valence-electron chi connectivity index (χ3n) is 5.95. The van der Waals surface area contributed by atoms with Crippen molar-refractivity contribution in [2.45, 2.75) is 83.5 Å². The molecule has 4 rings (SSSR count). The summed E-state index contributed by atoms with van der Waals surface area (Å²) in [5, 5.41) is 3.50. The van der Waals surface area contributed by atoms with Crippen molar-refractivity contribution in [3.05, 3.63) is 10.2 Å². The average Bonchev–Trinajstić information content (AvgIpc) is 3.34. The average molecular weight is 601 g/mol. The van der Waals surface area contributed by atoms with E-state index in [1.807, 2.05) is 22.6 Å². The first-order valence-electron chi connectivity index (χ1n) is 11.5. The Labute approximate surface area is 215 Å². The second kappa shape index (κ2) is 11.0. The lowest BCUT2D eigenvalue weighted by Gasteiger charge is -2.24. The van der Waals surface area contributed by atoms with Gasteiger partial charge < -0.3 is 24.3 Å². The molecule has 0 amide bonds. The Bertz CT molecular complexity index is 1100. The lowest BCUT2D eigenvalue weighted by atomic mass is 9.95. The smallest absolute Gasteiger partial charge is 0.303 e. The molecule has 190 valence electrons. The van der Waals surface area contributed by atoms with E-state index in [9.17, 15) is 14.4 Å². The molecule has 4 atom stereocenters. The van der Waals surface area contributed by atoms with Crippen molar-refractivity contribution in [3.63, 3.8) is 0 Å². The standard InChI is InChI=1S/C22H28IN5O7/c1-11(29)32-9-15-17(33-12(2)30)18(34-13(3)31)21(35-15)28-10-24-16-19(26-22(23)27-20(16)28)25-14-7-5-4-6-8-14/h10,14-15,17-18,21H,4-9H2,1-3H3,(H,25,26,27)/t15-,17+,18+,21+/m0/s1. The minimum absolute atomic E-state index is 0.185. The Morgan fingerprint density at radius 3 is 2.40 bits per heavy atom. The minimum Gasteiger partial charge on any atom is -0.463 e. The van der Waals surface area contributed by atoms with Gasteiger partial charge in [-0.3, -0.25) is 19.0 Å². The van der Waals surface area contributed by atoms with Crippen molar-refractivity contribution >= 4 is 57.5 Å². The van der Waals surface area contributed by atoms with E-state index >= 15 is 0 Å². The summed E-state index contributed by atoms with van der Waals surface area (Å²) < 4.78 is 24.4. The van der Waals surface area contributed by atoms with Gasteiger partial charge in [0, 0.05) is 49.4 Å². The molecule has 3 heterocycles. The third kappa shape index (κ3) is 6.00. The fourth-order valence-electron chi connectivity index (χ4n) is 4.53. The van der Waals surface area contributed by atoms with Crippen LogP contribution >= 0.6 is 22.6 Å². The number of nitrogens with one attached hydrogen (secondary N) is 1. The number of carbonyl (C=O) groups is 3. The number of aromatic nitrogens is 4. The summed E-state index contributed by atoms with van der Waals surface area (Å²) in [7, 11) is 0. The van der Waals surface area contributed by atoms with Crippen LogP contribution in [0.5, 0.6) is 0 Å². The zero-order chi connectivity index (χ0) is 25.1. The predicted molar refractivity (Wildman–Crippen MR) is 130 cm³/mol. The summed E-state index contributed by atoms with van der Waals surface area (Å²) in [6, 6.07) is 0.306. The maximum atomic E-state index is 11.9. The van der Waals surface area contributed by atoms with Gasteiger partial charge in [0.1, 0.15) is 12.7 Å². The summed E-state index contributed by atoms with van der Waals surface area (Å²) in [4.78, 5) is 48.8. The SMILES string of the molecule is CC(=O)OC[C@@H]1O[C@@H](n2cnc3c(NC4CCCCC4)nc(I)nc32)[C@H](OC(C)=O)[C@@H]1OC(C)=O. The molecule has 1 aliphatic carbocycles. The van der Waals surface area contributed by atoms with Crippen molar-refractivity contribution < 1.29 is 33.3 Å². The van der Waals surface area contributed by atoms with Crippen molar-refractivity contribution in [2.75, 3.05) is 11.9 Å². The van der Waals surface area contributed by atoms with Crippen LogP contribution in [0.1, 0.15) is 59.1 Å². The van der Waals surface area contributed by atoms with E-state index in [-0.39, 0.29) is 6.61 Å². The van der Waals surface area contributed by atoms with Crippen LogP contribution in [0.25, 0.3) is 11.2 Å². The molecule has 0 spiro atoms. The van der Waals surface area contributed by atoms with Crippen LogP contribution in [0.3, 0.4) is 0 Å². The van der Waals surface area contributed by atoms with E-state index in [1.54, 1.807) is 4.57 Å². The molecular weight excluding hydrogens is 573 g/mol. The van der Waals surface area contributed by atoms with Crippen LogP contribution in [0, 0.1) is 3.83 Å². The maximum Gasteiger partial charge on any atom is 0.303 e. The highest BCUT2D eigenvalue weighted by Crippen LogP contribution is 2.37. The van der Waals surface area contributed by atoms with Crippen LogP contribution in [0.15, 0.2) is 6.33 Å². The summed E-state index contributed by atoms with van der Waals surface area (Å²) >= 11 is 2.04. The zero-order valence-electron chi connectivity index (χ0n) is 19.7. The number of halogens is 1. The van der Waals surface area contributed by atoms with Gasteiger partial charge in [0.2, 0.25) is 0 Å². The fourth-order valence-corrected chi connectivity index (χ4v) is 5.00. The monoisotopic (exact) mass is 601 g/mol. The topological polar surface area (TPSA) is 144 Å². The van der Waals surface area contributed by atoms with E-state index in [4.69, 9.17) is 18.9 Å². The molecule has 1 N–H and O–H groups in total. The molecule has 13 heteroatoms. The van der Waals surface area contributed by atoms with Crippen molar-refractivity contribution in [3.8, 4) is 0 Å². The van der Waals surface area contributed by atoms with Crippen molar-refractivity contribution in [2.24, 2.45) is 0 Å². The lowest BCUT2D eigenvalue weighted by Crippen LogP contribution is -2.40. The van der Waals surface area contributed by atoms with Gasteiger partial charge in [0.25, 0.3) is 0 Å². The number of hydrogen-bond acceptors (Lipinski definition) is 11. The van der Waals surface area contributed by atoms with Crippen LogP contribution in [-0.4, -0.2) is 68.4 Å². The molecule has 2 aliphatic rings. The number of carbonyl (C=O) groups excluding carboxylic acids is 3. The molecule has 12 nitrogen and oxygen atoms in total. The van der Waals surface area contributed by atoms with E-state index in [0.717, 1.165) is 12.8 Å². The first kappa shape index (κ1) is 25.5. The van der Waals surface area contributed by atoms with Crippen LogP contribution in [0.2, 0.25) is 0 Å². The Balaban J connectivity index is 1.70. The first-order valence-corrected chi connectivity index (χ1v) is 12.6. The highest BCUT2D eigenvalue weighted by atomic mass is 127. The van der Waals surface area contributed by atoms with E-state index < -0.39 is 42.4 Å². The quantitative estimate of drug-likeness (QED) is 0.216. The number of ether oxygens (including phenoxy) is 4. The largest absolute Gasteiger partial charge is 0.463 e. The summed E-state index contributed by atoms with van der Waals surface area (Å²) in [5.41, 5.74) is 1.02. The Kier molecular flexibility index (Phi) is 8.04. The number of nitrogens with zero attached hydrogens (tertiary/aromatic N) is 4. The number of hydrogen-bond donors (Lipinski definition) is 1. The Hall–Kier alpha value is -2.55. The maximum absolute atomic E-state index is 11.9. The van der Waals surface area contributed by atoms with Gasteiger partial charge in [-0.1, -0.05) is 19.3 Å². The number of imidazole rings is 1. The Morgan fingerprint density at radius 1 is 1.06 bits per heavy atom. The van der Waals surface area contributed by atoms with Gasteiger partial charge in [-0.15, -0.1) is 0 Å². The van der Waals surface area contributed by atoms with E-state index in [0.29, 0.717) is 26.9 Å². The summed E-state index contributed by atoms with van der Waals surface area (Å²) in [6.07, 6.45) is 3.40. The second-order valence-electron chi connectivity index (χ2n) is 8.66. The molecule has 2 aromatic heterocycles. The van der Waals surface area contributed by atoms with Gasteiger partial charge in [-0.25, -0.2) is 15.0 Å². The van der Waals surface area contributed by atoms with Gasteiger partial charge in [-0.05, 0) is 12.8 Å². The minimum atomic E-state index is -1.02. The fraction of sp³-hybridized carbons (Fsp3) is 0.636. The third-order valence-corrected chi connectivity index (χ3v) is 6.44. The van der Waals surface area contributed by atoms with Crippen LogP contribution in [-0.2, 0) is 33.3 Å². The summed E-state index contributed by atoms with van der Waals surface area (Å²) in [6.45, 7) is 3.58. The molecule has 1 aliphatic heterocycles. The van der Waals surface area contributed by atoms with Crippen molar-refractivity contribution in [1.29, 1.82) is 0 Å². The molecule has 2 fully saturated rings. The molecule has 1 saturated heterocycles. The second-order valence-corrected chi connectivity index (χ2v) is 9.63. The molecule has 2 aromatic rings. The van der Waals surface area contributed by atoms with Gasteiger partial charge >= 0.3 is 17.9 Å². The highest BCUT2D eigenvalue weighted by Gasteiger charge is 2.51. The molecule has 35 heavy (non-hydrogen) atoms. The van der Waals surface area contributed by atoms with Crippen LogP contribution < -0.4 is 5.32 Å². The molecule has 0 unspecified atom stereocenters. The molecular formula is C22H28IN5O7. The Morgan fingerprint density at radius 2 is 1.74 bits per heavy atom. The lowest BCUT2D eigenvalue weighted by molar-refractivity contribution is -0.166. The molecule has 0 bridgehead atoms. The normalized spacial score (nSPS) is 24.8. The van der Waals surface area contributed by atoms with E-state index in [2.05, 4.69) is 20.3 Å². The first-order chi connectivity index (χ1) is 16.7. The van der Waals surface area contributed by atoms with Crippen LogP contribution in [0.4, 0.5) is 5.82 Å². The molecule has 0 aromatic carbocycles. The number of esters is 3. The predicted octanol–water partition coefficient (Wildman–Crippen LogP) is 2.50. The molecule has 0 radical (unpaired) electrons. The van der Waals surface area contributed by atoms with Crippen molar-refractivity contribution in [1.82, 2.24) is 19.5 Å². The number of rotatable bonds is 7. The number of anilines is 1. The van der Waals surface area contributed by atoms with E-state index in [1.165, 1.54) is 46.4 Å².